The maximum Gasteiger partial charge on any atom is 0.321 e. The molecule has 0 radical (unpaired) electrons. The molecule has 3 aromatic carbocycles. The highest BCUT2D eigenvalue weighted by atomic mass is 16.5. The van der Waals surface area contributed by atoms with Gasteiger partial charge in [0, 0.05) is 19.0 Å². The average Bonchev–Trinajstić information content (AvgIpc) is 3.12. The predicted octanol–water partition coefficient (Wildman–Crippen LogP) is 4.00. The molecular weight excluding hydrogens is 354 g/mol. The van der Waals surface area contributed by atoms with Gasteiger partial charge in [0.15, 0.2) is 11.5 Å². The number of benzene rings is 3. The van der Waals surface area contributed by atoms with Gasteiger partial charge in [-0.15, -0.1) is 0 Å². The molecule has 1 aliphatic rings. The van der Waals surface area contributed by atoms with Crippen LogP contribution in [0.25, 0.3) is 10.8 Å². The summed E-state index contributed by atoms with van der Waals surface area (Å²) in [6, 6.07) is 18.9. The molecule has 0 saturated carbocycles. The molecule has 28 heavy (non-hydrogen) atoms. The average molecular weight is 377 g/mol. The van der Waals surface area contributed by atoms with E-state index in [-0.39, 0.29) is 11.7 Å². The largest absolute Gasteiger partial charge is 0.504 e. The van der Waals surface area contributed by atoms with Crippen molar-refractivity contribution in [3.05, 3.63) is 71.8 Å². The van der Waals surface area contributed by atoms with E-state index in [0.29, 0.717) is 18.8 Å². The Bertz CT molecular complexity index is 1020. The summed E-state index contributed by atoms with van der Waals surface area (Å²) in [5.74, 6) is -0.540. The highest BCUT2D eigenvalue weighted by Crippen LogP contribution is 2.38. The van der Waals surface area contributed by atoms with E-state index in [2.05, 4.69) is 30.3 Å². The van der Waals surface area contributed by atoms with Crippen molar-refractivity contribution in [2.75, 3.05) is 13.7 Å². The van der Waals surface area contributed by atoms with Gasteiger partial charge in [0.2, 0.25) is 0 Å². The van der Waals surface area contributed by atoms with Crippen LogP contribution in [0.4, 0.5) is 0 Å². The van der Waals surface area contributed by atoms with Gasteiger partial charge in [-0.2, -0.15) is 0 Å². The molecule has 3 aromatic rings. The number of nitrogens with zero attached hydrogens (tertiary/aromatic N) is 1. The van der Waals surface area contributed by atoms with E-state index in [1.54, 1.807) is 18.2 Å². The lowest BCUT2D eigenvalue weighted by Crippen LogP contribution is -2.38. The molecule has 4 rings (SSSR count). The van der Waals surface area contributed by atoms with Gasteiger partial charge in [0.25, 0.3) is 0 Å². The third kappa shape index (κ3) is 3.41. The SMILES string of the molecule is COc1cc(C2CCN(Cc3ccc4ccccc4c3)[C@@H]2C(=O)O)ccc1O. The summed E-state index contributed by atoms with van der Waals surface area (Å²) < 4.78 is 5.19. The van der Waals surface area contributed by atoms with Crippen molar-refractivity contribution in [2.24, 2.45) is 0 Å². The van der Waals surface area contributed by atoms with E-state index in [0.717, 1.165) is 22.9 Å². The minimum absolute atomic E-state index is 0.0594. The highest BCUT2D eigenvalue weighted by molar-refractivity contribution is 5.83. The summed E-state index contributed by atoms with van der Waals surface area (Å²) in [6.45, 7) is 1.30. The number of fused-ring (bicyclic) bond motifs is 1. The molecular formula is C23H23NO4. The van der Waals surface area contributed by atoms with E-state index in [1.165, 1.54) is 12.5 Å². The van der Waals surface area contributed by atoms with Crippen LogP contribution in [0, 0.1) is 0 Å². The number of hydrogen-bond acceptors (Lipinski definition) is 4. The number of carboxylic acids is 1. The van der Waals surface area contributed by atoms with Crippen LogP contribution in [0.2, 0.25) is 0 Å². The summed E-state index contributed by atoms with van der Waals surface area (Å²) in [6.07, 6.45) is 0.748. The lowest BCUT2D eigenvalue weighted by molar-refractivity contribution is -0.142. The smallest absolute Gasteiger partial charge is 0.321 e. The van der Waals surface area contributed by atoms with E-state index in [9.17, 15) is 15.0 Å². The zero-order valence-corrected chi connectivity index (χ0v) is 15.7. The van der Waals surface area contributed by atoms with Crippen molar-refractivity contribution in [2.45, 2.75) is 24.9 Å². The number of carboxylic acid groups (broad SMARTS) is 1. The lowest BCUT2D eigenvalue weighted by atomic mass is 9.91. The number of rotatable bonds is 5. The summed E-state index contributed by atoms with van der Waals surface area (Å²) >= 11 is 0. The summed E-state index contributed by atoms with van der Waals surface area (Å²) in [4.78, 5) is 14.1. The molecule has 2 N–H and O–H groups in total. The Morgan fingerprint density at radius 1 is 1.11 bits per heavy atom. The fourth-order valence-electron chi connectivity index (χ4n) is 4.21. The first-order chi connectivity index (χ1) is 13.6. The summed E-state index contributed by atoms with van der Waals surface area (Å²) in [5, 5.41) is 22.1. The van der Waals surface area contributed by atoms with Crippen LogP contribution in [-0.4, -0.2) is 40.8 Å². The van der Waals surface area contributed by atoms with Crippen molar-refractivity contribution in [1.82, 2.24) is 4.90 Å². The van der Waals surface area contributed by atoms with Crippen molar-refractivity contribution in [3.63, 3.8) is 0 Å². The predicted molar refractivity (Wildman–Crippen MR) is 108 cm³/mol. The van der Waals surface area contributed by atoms with E-state index < -0.39 is 12.0 Å². The fraction of sp³-hybridized carbons (Fsp3) is 0.261. The zero-order chi connectivity index (χ0) is 19.7. The second-order valence-electron chi connectivity index (χ2n) is 7.26. The third-order valence-electron chi connectivity index (χ3n) is 5.59. The van der Waals surface area contributed by atoms with Crippen LogP contribution >= 0.6 is 0 Å². The second-order valence-corrected chi connectivity index (χ2v) is 7.26. The van der Waals surface area contributed by atoms with Crippen molar-refractivity contribution in [3.8, 4) is 11.5 Å². The molecule has 5 nitrogen and oxygen atoms in total. The van der Waals surface area contributed by atoms with Gasteiger partial charge in [-0.1, -0.05) is 42.5 Å². The van der Waals surface area contributed by atoms with Crippen molar-refractivity contribution in [1.29, 1.82) is 0 Å². The lowest BCUT2D eigenvalue weighted by Gasteiger charge is -2.25. The number of aliphatic carboxylic acids is 1. The van der Waals surface area contributed by atoms with Crippen LogP contribution in [0.15, 0.2) is 60.7 Å². The van der Waals surface area contributed by atoms with Crippen molar-refractivity contribution >= 4 is 16.7 Å². The summed E-state index contributed by atoms with van der Waals surface area (Å²) in [7, 11) is 1.49. The first kappa shape index (κ1) is 18.3. The van der Waals surface area contributed by atoms with Crippen LogP contribution in [-0.2, 0) is 11.3 Å². The standard InChI is InChI=1S/C23H23NO4/c1-28-21-13-18(8-9-20(21)25)19-10-11-24(22(19)23(26)27)14-15-6-7-16-4-2-3-5-17(16)12-15/h2-9,12-13,19,22,25H,10-11,14H2,1H3,(H,26,27)/t19?,22-/m0/s1. The van der Waals surface area contributed by atoms with Crippen molar-refractivity contribution < 1.29 is 19.7 Å². The fourth-order valence-corrected chi connectivity index (χ4v) is 4.21. The van der Waals surface area contributed by atoms with Crippen LogP contribution in [0.3, 0.4) is 0 Å². The maximum atomic E-state index is 12.1. The Morgan fingerprint density at radius 2 is 1.89 bits per heavy atom. The summed E-state index contributed by atoms with van der Waals surface area (Å²) in [5.41, 5.74) is 1.98. The van der Waals surface area contributed by atoms with Gasteiger partial charge >= 0.3 is 5.97 Å². The number of phenols is 1. The quantitative estimate of drug-likeness (QED) is 0.703. The number of ether oxygens (including phenoxy) is 1. The van der Waals surface area contributed by atoms with Crippen LogP contribution < -0.4 is 4.74 Å². The third-order valence-corrected chi connectivity index (χ3v) is 5.59. The van der Waals surface area contributed by atoms with E-state index in [1.807, 2.05) is 17.0 Å². The molecule has 1 heterocycles. The van der Waals surface area contributed by atoms with Gasteiger partial charge in [-0.05, 0) is 46.5 Å². The normalized spacial score (nSPS) is 19.8. The molecule has 1 unspecified atom stereocenters. The Balaban J connectivity index is 1.60. The number of carbonyl (C=O) groups is 1. The molecule has 0 aromatic heterocycles. The maximum absolute atomic E-state index is 12.1. The Hall–Kier alpha value is -3.05. The minimum Gasteiger partial charge on any atom is -0.504 e. The Labute approximate surface area is 163 Å². The Morgan fingerprint density at radius 3 is 2.64 bits per heavy atom. The first-order valence-corrected chi connectivity index (χ1v) is 9.38. The zero-order valence-electron chi connectivity index (χ0n) is 15.7. The molecule has 1 fully saturated rings. The van der Waals surface area contributed by atoms with E-state index in [4.69, 9.17) is 4.74 Å². The highest BCUT2D eigenvalue weighted by Gasteiger charge is 2.40. The molecule has 0 spiro atoms. The number of hydrogen-bond donors (Lipinski definition) is 2. The second kappa shape index (κ2) is 7.52. The molecule has 144 valence electrons. The van der Waals surface area contributed by atoms with Gasteiger partial charge in [-0.25, -0.2) is 0 Å². The number of aromatic hydroxyl groups is 1. The molecule has 1 saturated heterocycles. The van der Waals surface area contributed by atoms with Gasteiger partial charge in [-0.3, -0.25) is 9.69 Å². The molecule has 0 amide bonds. The van der Waals surface area contributed by atoms with Crippen LogP contribution in [0.5, 0.6) is 11.5 Å². The number of phenolic OH excluding ortho intramolecular Hbond substituents is 1. The monoisotopic (exact) mass is 377 g/mol. The molecule has 0 aliphatic carbocycles. The van der Waals surface area contributed by atoms with Crippen LogP contribution in [0.1, 0.15) is 23.5 Å². The van der Waals surface area contributed by atoms with Gasteiger partial charge in [0.05, 0.1) is 7.11 Å². The molecule has 1 aliphatic heterocycles. The topological polar surface area (TPSA) is 70.0 Å². The number of likely N-dealkylation sites (tertiary alicyclic amines) is 1. The van der Waals surface area contributed by atoms with Gasteiger partial charge < -0.3 is 14.9 Å². The molecule has 0 bridgehead atoms. The van der Waals surface area contributed by atoms with E-state index >= 15 is 0 Å². The Kier molecular flexibility index (Phi) is 4.92. The number of methoxy groups -OCH3 is 1. The molecule has 2 atom stereocenters. The first-order valence-electron chi connectivity index (χ1n) is 9.38. The molecule has 5 heteroatoms. The van der Waals surface area contributed by atoms with Gasteiger partial charge in [0.1, 0.15) is 6.04 Å². The minimum atomic E-state index is -0.824.